The second-order valence-corrected chi connectivity index (χ2v) is 12.4. The molecule has 0 aliphatic carbocycles. The summed E-state index contributed by atoms with van der Waals surface area (Å²) >= 11 is 7.79. The SMILES string of the molecule is CSCCCC1(C)CN(CC(=O)Nc2ccc(C(F)(F)F)c(S(C)(=O)=O)c2)N=C1c1ccc(Cl)cc1. The third kappa shape index (κ3) is 6.95. The zero-order valence-corrected chi connectivity index (χ0v) is 22.4. The van der Waals surface area contributed by atoms with Crippen LogP contribution < -0.4 is 5.32 Å². The molecule has 1 aliphatic rings. The monoisotopic (exact) mass is 561 g/mol. The Bertz CT molecular complexity index is 1250. The van der Waals surface area contributed by atoms with Gasteiger partial charge in [0.15, 0.2) is 9.84 Å². The number of hydrazone groups is 1. The van der Waals surface area contributed by atoms with Crippen molar-refractivity contribution in [1.29, 1.82) is 0 Å². The molecule has 0 radical (unpaired) electrons. The molecule has 0 bridgehead atoms. The Balaban J connectivity index is 1.81. The summed E-state index contributed by atoms with van der Waals surface area (Å²) in [6.07, 6.45) is -0.297. The molecule has 2 aromatic rings. The van der Waals surface area contributed by atoms with Crippen LogP contribution in [-0.4, -0.2) is 56.4 Å². The lowest BCUT2D eigenvalue weighted by Gasteiger charge is -2.26. The van der Waals surface area contributed by atoms with Gasteiger partial charge in [0.25, 0.3) is 0 Å². The van der Waals surface area contributed by atoms with E-state index in [9.17, 15) is 26.4 Å². The normalized spacial score (nSPS) is 18.3. The van der Waals surface area contributed by atoms with Gasteiger partial charge in [-0.2, -0.15) is 30.0 Å². The summed E-state index contributed by atoms with van der Waals surface area (Å²) in [6, 6.07) is 9.84. The Morgan fingerprint density at radius 3 is 2.47 bits per heavy atom. The van der Waals surface area contributed by atoms with Crippen LogP contribution in [0.1, 0.15) is 30.9 Å². The van der Waals surface area contributed by atoms with Gasteiger partial charge in [-0.3, -0.25) is 9.80 Å². The van der Waals surface area contributed by atoms with E-state index in [-0.39, 0.29) is 17.6 Å². The van der Waals surface area contributed by atoms with Crippen LogP contribution in [0.4, 0.5) is 18.9 Å². The molecule has 196 valence electrons. The number of thioether (sulfide) groups is 1. The summed E-state index contributed by atoms with van der Waals surface area (Å²) in [5, 5.41) is 9.42. The molecule has 1 N–H and O–H groups in total. The number of nitrogens with one attached hydrogen (secondary N) is 1. The fourth-order valence-corrected chi connectivity index (χ4v) is 5.68. The van der Waals surface area contributed by atoms with Crippen molar-refractivity contribution in [2.75, 3.05) is 36.7 Å². The fraction of sp³-hybridized carbons (Fsp3) is 0.417. The number of rotatable bonds is 9. The molecule has 1 amide bonds. The minimum absolute atomic E-state index is 0.0442. The Labute approximate surface area is 218 Å². The first-order valence-electron chi connectivity index (χ1n) is 11.0. The maximum absolute atomic E-state index is 13.2. The van der Waals surface area contributed by atoms with E-state index in [0.29, 0.717) is 23.9 Å². The van der Waals surface area contributed by atoms with Gasteiger partial charge in [0.2, 0.25) is 5.91 Å². The van der Waals surface area contributed by atoms with Crippen LogP contribution in [0.2, 0.25) is 5.02 Å². The first-order chi connectivity index (χ1) is 16.7. The molecule has 0 spiro atoms. The molecule has 1 heterocycles. The highest BCUT2D eigenvalue weighted by Crippen LogP contribution is 2.37. The summed E-state index contributed by atoms with van der Waals surface area (Å²) in [6.45, 7) is 2.42. The number of hydrogen-bond acceptors (Lipinski definition) is 6. The standard InChI is InChI=1S/C24H27ClF3N3O3S2/c1-23(11-4-12-35-2)15-31(30-22(23)16-5-7-17(25)8-6-16)14-21(32)29-18-9-10-19(24(26,27)28)20(13-18)36(3,33)34/h5-10,13H,4,11-12,14-15H2,1-3H3,(H,29,32). The van der Waals surface area contributed by atoms with Crippen molar-refractivity contribution in [2.24, 2.45) is 10.5 Å². The lowest BCUT2D eigenvalue weighted by atomic mass is 9.78. The molecule has 1 unspecified atom stereocenters. The van der Waals surface area contributed by atoms with Crippen LogP contribution >= 0.6 is 23.4 Å². The van der Waals surface area contributed by atoms with E-state index in [4.69, 9.17) is 16.7 Å². The molecular weight excluding hydrogens is 535 g/mol. The number of amides is 1. The predicted molar refractivity (Wildman–Crippen MR) is 138 cm³/mol. The third-order valence-electron chi connectivity index (χ3n) is 5.84. The molecule has 0 saturated carbocycles. The number of hydrogen-bond donors (Lipinski definition) is 1. The van der Waals surface area contributed by atoms with Crippen molar-refractivity contribution in [3.63, 3.8) is 0 Å². The first kappa shape index (κ1) is 28.3. The number of halogens is 4. The van der Waals surface area contributed by atoms with E-state index in [2.05, 4.69) is 12.2 Å². The highest BCUT2D eigenvalue weighted by atomic mass is 35.5. The maximum Gasteiger partial charge on any atom is 0.417 e. The zero-order valence-electron chi connectivity index (χ0n) is 20.0. The van der Waals surface area contributed by atoms with Crippen LogP contribution in [0.25, 0.3) is 0 Å². The molecule has 0 saturated heterocycles. The van der Waals surface area contributed by atoms with Gasteiger partial charge in [0.1, 0.15) is 6.54 Å². The van der Waals surface area contributed by atoms with Crippen molar-refractivity contribution < 1.29 is 26.4 Å². The summed E-state index contributed by atoms with van der Waals surface area (Å²) in [4.78, 5) is 11.9. The average Bonchev–Trinajstić information content (AvgIpc) is 3.08. The number of anilines is 1. The minimum atomic E-state index is -4.84. The lowest BCUT2D eigenvalue weighted by molar-refractivity contribution is -0.139. The second kappa shape index (κ2) is 11.0. The molecule has 1 atom stereocenters. The largest absolute Gasteiger partial charge is 0.417 e. The number of carbonyl (C=O) groups excluding carboxylic acids is 1. The van der Waals surface area contributed by atoms with Gasteiger partial charge < -0.3 is 5.32 Å². The summed E-state index contributed by atoms with van der Waals surface area (Å²) in [5.74, 6) is 0.461. The van der Waals surface area contributed by atoms with Crippen molar-refractivity contribution >= 4 is 50.5 Å². The highest BCUT2D eigenvalue weighted by molar-refractivity contribution is 7.98. The number of carbonyl (C=O) groups is 1. The molecule has 6 nitrogen and oxygen atoms in total. The van der Waals surface area contributed by atoms with Gasteiger partial charge in [0.05, 0.1) is 16.2 Å². The highest BCUT2D eigenvalue weighted by Gasteiger charge is 2.39. The molecule has 1 aliphatic heterocycles. The molecule has 36 heavy (non-hydrogen) atoms. The van der Waals surface area contributed by atoms with Gasteiger partial charge in [-0.1, -0.05) is 30.7 Å². The van der Waals surface area contributed by atoms with Crippen LogP contribution in [0.5, 0.6) is 0 Å². The van der Waals surface area contributed by atoms with Crippen LogP contribution in [0.15, 0.2) is 52.5 Å². The van der Waals surface area contributed by atoms with Crippen LogP contribution in [0, 0.1) is 5.41 Å². The van der Waals surface area contributed by atoms with Crippen molar-refractivity contribution in [3.05, 3.63) is 58.6 Å². The van der Waals surface area contributed by atoms with Gasteiger partial charge >= 0.3 is 6.18 Å². The van der Waals surface area contributed by atoms with Crippen LogP contribution in [0.3, 0.4) is 0 Å². The summed E-state index contributed by atoms with van der Waals surface area (Å²) in [5.41, 5.74) is 0.0937. The fourth-order valence-electron chi connectivity index (χ4n) is 4.19. The van der Waals surface area contributed by atoms with Crippen LogP contribution in [-0.2, 0) is 20.8 Å². The van der Waals surface area contributed by atoms with Gasteiger partial charge in [-0.05, 0) is 60.7 Å². The number of alkyl halides is 3. The molecule has 0 aromatic heterocycles. The molecule has 2 aromatic carbocycles. The van der Waals surface area contributed by atoms with E-state index in [0.717, 1.165) is 42.0 Å². The Morgan fingerprint density at radius 1 is 1.22 bits per heavy atom. The Hall–Kier alpha value is -2.24. The van der Waals surface area contributed by atoms with E-state index in [1.54, 1.807) is 28.9 Å². The van der Waals surface area contributed by atoms with Gasteiger partial charge in [-0.15, -0.1) is 0 Å². The van der Waals surface area contributed by atoms with E-state index >= 15 is 0 Å². The second-order valence-electron chi connectivity index (χ2n) is 8.96. The summed E-state index contributed by atoms with van der Waals surface area (Å²) < 4.78 is 63.6. The van der Waals surface area contributed by atoms with E-state index in [1.807, 2.05) is 18.4 Å². The minimum Gasteiger partial charge on any atom is -0.324 e. The maximum atomic E-state index is 13.2. The zero-order chi connectivity index (χ0) is 26.7. The average molecular weight is 562 g/mol. The lowest BCUT2D eigenvalue weighted by Crippen LogP contribution is -2.35. The quantitative estimate of drug-likeness (QED) is 0.405. The number of benzene rings is 2. The molecule has 0 fully saturated rings. The molecular formula is C24H27ClF3N3O3S2. The smallest absolute Gasteiger partial charge is 0.324 e. The van der Waals surface area contributed by atoms with E-state index < -0.39 is 32.4 Å². The van der Waals surface area contributed by atoms with Crippen molar-refractivity contribution in [3.8, 4) is 0 Å². The third-order valence-corrected chi connectivity index (χ3v) is 7.92. The molecule has 3 rings (SSSR count). The Morgan fingerprint density at radius 2 is 1.89 bits per heavy atom. The van der Waals surface area contributed by atoms with Gasteiger partial charge in [-0.25, -0.2) is 8.42 Å². The number of sulfone groups is 1. The topological polar surface area (TPSA) is 78.8 Å². The first-order valence-corrected chi connectivity index (χ1v) is 14.7. The number of nitrogens with zero attached hydrogens (tertiary/aromatic N) is 2. The van der Waals surface area contributed by atoms with E-state index in [1.165, 1.54) is 0 Å². The molecule has 12 heteroatoms. The summed E-state index contributed by atoms with van der Waals surface area (Å²) in [7, 11) is -4.18. The Kier molecular flexibility index (Phi) is 8.67. The van der Waals surface area contributed by atoms with Crippen molar-refractivity contribution in [2.45, 2.75) is 30.8 Å². The predicted octanol–water partition coefficient (Wildman–Crippen LogP) is 5.57. The van der Waals surface area contributed by atoms with Crippen molar-refractivity contribution in [1.82, 2.24) is 5.01 Å². The van der Waals surface area contributed by atoms with Gasteiger partial charge in [0, 0.05) is 28.9 Å².